The van der Waals surface area contributed by atoms with Crippen molar-refractivity contribution in [3.63, 3.8) is 0 Å². The summed E-state index contributed by atoms with van der Waals surface area (Å²) in [5.74, 6) is 0.516. The molecule has 0 atom stereocenters. The summed E-state index contributed by atoms with van der Waals surface area (Å²) >= 11 is 5.53. The van der Waals surface area contributed by atoms with Crippen LogP contribution in [0.2, 0.25) is 5.02 Å². The molecule has 6 aromatic rings. The number of hydrogen-bond acceptors (Lipinski definition) is 8. The minimum atomic E-state index is 0. The summed E-state index contributed by atoms with van der Waals surface area (Å²) in [5, 5.41) is 40.8. The SMILES string of the molecule is Cc1ccc(O)c(N)c1.Nc1c(O)ccc2ccccc12.Nc1c(O)ccc2ccccc12.Nc1cc(Cl)ccc1O.[V]. The maximum atomic E-state index is 9.29. The fourth-order valence-electron chi connectivity index (χ4n) is 3.77. The molecular weight excluding hydrogens is 603 g/mol. The van der Waals surface area contributed by atoms with Gasteiger partial charge in [0.05, 0.1) is 22.7 Å². The van der Waals surface area contributed by atoms with Crippen LogP contribution in [0.1, 0.15) is 5.56 Å². The smallest absolute Gasteiger partial charge is 0.139 e. The predicted molar refractivity (Wildman–Crippen MR) is 175 cm³/mol. The first-order chi connectivity index (χ1) is 20.0. The summed E-state index contributed by atoms with van der Waals surface area (Å²) < 4.78 is 0. The van der Waals surface area contributed by atoms with Crippen LogP contribution in [0.5, 0.6) is 23.0 Å². The first kappa shape index (κ1) is 34.3. The minimum absolute atomic E-state index is 0. The predicted octanol–water partition coefficient (Wildman–Crippen LogP) is 7.16. The summed E-state index contributed by atoms with van der Waals surface area (Å²) in [6.07, 6.45) is 0. The van der Waals surface area contributed by atoms with Crippen LogP contribution in [0.25, 0.3) is 21.5 Å². The number of hydrogen-bond donors (Lipinski definition) is 8. The van der Waals surface area contributed by atoms with Gasteiger partial charge in [0.1, 0.15) is 23.0 Å². The Morgan fingerprint density at radius 2 is 0.884 bits per heavy atom. The van der Waals surface area contributed by atoms with Crippen molar-refractivity contribution in [1.29, 1.82) is 0 Å². The zero-order chi connectivity index (χ0) is 30.8. The van der Waals surface area contributed by atoms with Gasteiger partial charge in [-0.2, -0.15) is 0 Å². The molecule has 12 N–H and O–H groups in total. The van der Waals surface area contributed by atoms with Crippen molar-refractivity contribution in [1.82, 2.24) is 0 Å². The summed E-state index contributed by atoms with van der Waals surface area (Å²) in [6.45, 7) is 1.93. The number of phenolic OH excluding ortho intramolecular Hbond substituents is 4. The number of fused-ring (bicyclic) bond motifs is 2. The van der Waals surface area contributed by atoms with E-state index in [0.717, 1.165) is 27.1 Å². The molecule has 221 valence electrons. The van der Waals surface area contributed by atoms with Crippen LogP contribution in [0.4, 0.5) is 22.7 Å². The van der Waals surface area contributed by atoms with Crippen LogP contribution in [0.15, 0.2) is 109 Å². The van der Waals surface area contributed by atoms with E-state index in [1.807, 2.05) is 73.7 Å². The van der Waals surface area contributed by atoms with E-state index in [4.69, 9.17) is 44.7 Å². The second-order valence-electron chi connectivity index (χ2n) is 9.20. The van der Waals surface area contributed by atoms with Gasteiger partial charge < -0.3 is 43.4 Å². The van der Waals surface area contributed by atoms with Crippen molar-refractivity contribution in [3.8, 4) is 23.0 Å². The number of benzene rings is 6. The van der Waals surface area contributed by atoms with Crippen molar-refractivity contribution < 1.29 is 39.0 Å². The number of rotatable bonds is 0. The molecule has 43 heavy (non-hydrogen) atoms. The number of phenols is 4. The van der Waals surface area contributed by atoms with E-state index in [0.29, 0.717) is 27.8 Å². The second-order valence-corrected chi connectivity index (χ2v) is 9.64. The Morgan fingerprint density at radius 3 is 1.28 bits per heavy atom. The van der Waals surface area contributed by atoms with E-state index >= 15 is 0 Å². The Bertz CT molecular complexity index is 1690. The van der Waals surface area contributed by atoms with Crippen LogP contribution >= 0.6 is 11.6 Å². The minimum Gasteiger partial charge on any atom is -0.506 e. The van der Waals surface area contributed by atoms with Gasteiger partial charge in [-0.3, -0.25) is 0 Å². The van der Waals surface area contributed by atoms with Crippen molar-refractivity contribution in [2.45, 2.75) is 6.92 Å². The van der Waals surface area contributed by atoms with Crippen LogP contribution < -0.4 is 22.9 Å². The number of aromatic hydroxyl groups is 4. The molecule has 6 rings (SSSR count). The standard InChI is InChI=1S/2C10H9NO.C7H9NO.C6H6ClNO.V/c2*11-10-8-4-2-1-3-7(8)5-6-9(10)12;1-5-2-3-7(9)6(8)4-5;7-4-1-2-6(9)5(8)3-4;/h2*1-6,12H,11H2;2-4,9H,8H2,1H3;1-3,9H,8H2;. The van der Waals surface area contributed by atoms with Gasteiger partial charge in [-0.25, -0.2) is 0 Å². The molecule has 8 nitrogen and oxygen atoms in total. The maximum absolute atomic E-state index is 9.29. The van der Waals surface area contributed by atoms with Gasteiger partial charge in [-0.1, -0.05) is 78.3 Å². The summed E-state index contributed by atoms with van der Waals surface area (Å²) in [5.41, 5.74) is 24.7. The van der Waals surface area contributed by atoms with Gasteiger partial charge in [0.2, 0.25) is 0 Å². The van der Waals surface area contributed by atoms with Crippen molar-refractivity contribution in [2.24, 2.45) is 0 Å². The van der Waals surface area contributed by atoms with Crippen LogP contribution in [-0.4, -0.2) is 20.4 Å². The molecule has 0 saturated carbocycles. The van der Waals surface area contributed by atoms with Crippen molar-refractivity contribution >= 4 is 55.9 Å². The summed E-state index contributed by atoms with van der Waals surface area (Å²) in [6, 6.07) is 32.0. The Kier molecular flexibility index (Phi) is 12.7. The molecule has 10 heteroatoms. The average Bonchev–Trinajstić information content (AvgIpc) is 2.98. The molecule has 0 bridgehead atoms. The van der Waals surface area contributed by atoms with Gasteiger partial charge in [0.25, 0.3) is 0 Å². The Hall–Kier alpha value is -4.89. The third-order valence-corrected chi connectivity index (χ3v) is 6.30. The van der Waals surface area contributed by atoms with Crippen molar-refractivity contribution in [3.05, 3.63) is 120 Å². The molecule has 0 aliphatic carbocycles. The first-order valence-electron chi connectivity index (χ1n) is 12.7. The monoisotopic (exact) mass is 635 g/mol. The molecule has 0 unspecified atom stereocenters. The largest absolute Gasteiger partial charge is 0.506 e. The molecule has 6 aromatic carbocycles. The van der Waals surface area contributed by atoms with Gasteiger partial charge in [0, 0.05) is 34.4 Å². The van der Waals surface area contributed by atoms with Gasteiger partial charge in [-0.05, 0) is 65.7 Å². The molecule has 0 aromatic heterocycles. The van der Waals surface area contributed by atoms with E-state index in [2.05, 4.69) is 0 Å². The Balaban J connectivity index is 0.000000201. The fraction of sp³-hybridized carbons (Fsp3) is 0.0303. The van der Waals surface area contributed by atoms with E-state index in [-0.39, 0.29) is 41.6 Å². The molecule has 0 heterocycles. The van der Waals surface area contributed by atoms with E-state index in [1.165, 1.54) is 12.1 Å². The molecule has 0 spiro atoms. The summed E-state index contributed by atoms with van der Waals surface area (Å²) in [7, 11) is 0. The van der Waals surface area contributed by atoms with Crippen molar-refractivity contribution in [2.75, 3.05) is 22.9 Å². The van der Waals surface area contributed by atoms with Gasteiger partial charge >= 0.3 is 0 Å². The molecule has 0 amide bonds. The summed E-state index contributed by atoms with van der Waals surface area (Å²) in [4.78, 5) is 0. The van der Waals surface area contributed by atoms with E-state index < -0.39 is 0 Å². The number of aryl methyl sites for hydroxylation is 1. The normalized spacial score (nSPS) is 9.72. The molecule has 0 aliphatic rings. The number of nitrogens with two attached hydrogens (primary N) is 4. The zero-order valence-electron chi connectivity index (χ0n) is 23.3. The van der Waals surface area contributed by atoms with Crippen LogP contribution in [-0.2, 0) is 18.6 Å². The molecule has 1 radical (unpaired) electrons. The Labute approximate surface area is 266 Å². The molecule has 0 fully saturated rings. The fourth-order valence-corrected chi connectivity index (χ4v) is 3.95. The topological polar surface area (TPSA) is 185 Å². The number of nitrogen functional groups attached to an aromatic ring is 4. The quantitative estimate of drug-likeness (QED) is 0.0638. The van der Waals surface area contributed by atoms with Crippen LogP contribution in [0, 0.1) is 6.92 Å². The number of anilines is 4. The second kappa shape index (κ2) is 15.9. The first-order valence-corrected chi connectivity index (χ1v) is 13.1. The third-order valence-electron chi connectivity index (χ3n) is 6.07. The molecule has 0 saturated heterocycles. The average molecular weight is 636 g/mol. The van der Waals surface area contributed by atoms with Gasteiger partial charge in [0.15, 0.2) is 0 Å². The maximum Gasteiger partial charge on any atom is 0.139 e. The third kappa shape index (κ3) is 9.58. The van der Waals surface area contributed by atoms with Gasteiger partial charge in [-0.15, -0.1) is 0 Å². The van der Waals surface area contributed by atoms with E-state index in [1.54, 1.807) is 30.3 Å². The van der Waals surface area contributed by atoms with Crippen LogP contribution in [0.3, 0.4) is 0 Å². The molecule has 0 aliphatic heterocycles. The molecular formula is C33H33ClN4O4V. The number of halogens is 1. The Morgan fingerprint density at radius 1 is 0.488 bits per heavy atom. The zero-order valence-corrected chi connectivity index (χ0v) is 25.5. The van der Waals surface area contributed by atoms with E-state index in [9.17, 15) is 10.2 Å².